The van der Waals surface area contributed by atoms with E-state index in [4.69, 9.17) is 0 Å². The molecule has 30 heavy (non-hydrogen) atoms. The summed E-state index contributed by atoms with van der Waals surface area (Å²) in [5, 5.41) is 15.0. The Kier molecular flexibility index (Phi) is 5.26. The molecular weight excluding hydrogens is 426 g/mol. The van der Waals surface area contributed by atoms with E-state index >= 15 is 0 Å². The van der Waals surface area contributed by atoms with Crippen LogP contribution in [0, 0.1) is 0 Å². The number of fused-ring (bicyclic) bond motifs is 1. The van der Waals surface area contributed by atoms with E-state index in [1.165, 1.54) is 22.7 Å². The van der Waals surface area contributed by atoms with Gasteiger partial charge in [0.15, 0.2) is 5.84 Å². The highest BCUT2D eigenvalue weighted by molar-refractivity contribution is 7.98. The molecule has 0 fully saturated rings. The minimum atomic E-state index is -3.74. The van der Waals surface area contributed by atoms with Crippen LogP contribution in [-0.4, -0.2) is 65.1 Å². The zero-order valence-corrected chi connectivity index (χ0v) is 17.7. The van der Waals surface area contributed by atoms with E-state index in [1.807, 2.05) is 12.3 Å². The second-order valence-corrected chi connectivity index (χ2v) is 8.76. The third-order valence-corrected chi connectivity index (χ3v) is 6.30. The first-order chi connectivity index (χ1) is 14.4. The molecule has 0 saturated heterocycles. The highest BCUT2D eigenvalue weighted by Gasteiger charge is 2.30. The van der Waals surface area contributed by atoms with Crippen molar-refractivity contribution in [3.8, 4) is 5.69 Å². The number of hydrogen-bond donors (Lipinski definition) is 1. The highest BCUT2D eigenvalue weighted by Crippen LogP contribution is 2.27. The molecule has 0 spiro atoms. The number of rotatable bonds is 5. The number of anilines is 1. The van der Waals surface area contributed by atoms with Crippen molar-refractivity contribution in [2.45, 2.75) is 10.1 Å². The Morgan fingerprint density at radius 1 is 1.20 bits per heavy atom. The predicted molar refractivity (Wildman–Crippen MR) is 112 cm³/mol. The van der Waals surface area contributed by atoms with E-state index < -0.39 is 10.0 Å². The van der Waals surface area contributed by atoms with Crippen molar-refractivity contribution in [2.75, 3.05) is 25.2 Å². The van der Waals surface area contributed by atoms with Gasteiger partial charge in [-0.2, -0.15) is 13.1 Å². The van der Waals surface area contributed by atoms with Gasteiger partial charge in [0.25, 0.3) is 10.0 Å². The molecule has 4 rings (SSSR count). The molecule has 0 atom stereocenters. The van der Waals surface area contributed by atoms with Gasteiger partial charge in [-0.1, -0.05) is 30.0 Å². The van der Waals surface area contributed by atoms with Crippen LogP contribution in [0.4, 0.5) is 5.69 Å². The number of sulfonamides is 1. The van der Waals surface area contributed by atoms with Crippen LogP contribution in [0.3, 0.4) is 0 Å². The molecule has 3 aromatic rings. The third kappa shape index (κ3) is 3.78. The summed E-state index contributed by atoms with van der Waals surface area (Å²) in [6.07, 6.45) is 1.87. The zero-order chi connectivity index (χ0) is 21.3. The normalized spacial score (nSPS) is 14.1. The summed E-state index contributed by atoms with van der Waals surface area (Å²) < 4.78 is 29.8. The fourth-order valence-corrected chi connectivity index (χ4v) is 4.72. The second-order valence-electron chi connectivity index (χ2n) is 6.42. The average Bonchev–Trinajstić information content (AvgIpc) is 3.31. The molecule has 0 saturated carbocycles. The minimum Gasteiger partial charge on any atom is -0.349 e. The lowest BCUT2D eigenvalue weighted by atomic mass is 10.2. The van der Waals surface area contributed by atoms with Gasteiger partial charge in [0.05, 0.1) is 12.2 Å². The molecule has 154 valence electrons. The van der Waals surface area contributed by atoms with Crippen LogP contribution in [0.2, 0.25) is 0 Å². The van der Waals surface area contributed by atoms with Crippen LogP contribution in [-0.2, 0) is 14.8 Å². The van der Waals surface area contributed by atoms with Crippen molar-refractivity contribution >= 4 is 39.2 Å². The molecule has 2 heterocycles. The number of nitrogens with zero attached hydrogens (tertiary/aromatic N) is 6. The Morgan fingerprint density at radius 2 is 2.00 bits per heavy atom. The van der Waals surface area contributed by atoms with Crippen LogP contribution in [0.1, 0.15) is 5.56 Å². The van der Waals surface area contributed by atoms with Crippen LogP contribution in [0.15, 0.2) is 63.0 Å². The quantitative estimate of drug-likeness (QED) is 0.587. The number of likely N-dealkylation sites (N-methyl/N-ethyl adjacent to an activating group) is 1. The number of amidine groups is 1. The largest absolute Gasteiger partial charge is 0.349 e. The van der Waals surface area contributed by atoms with Crippen molar-refractivity contribution in [1.29, 1.82) is 0 Å². The summed E-state index contributed by atoms with van der Waals surface area (Å²) in [6, 6.07) is 13.7. The number of aromatic nitrogens is 4. The van der Waals surface area contributed by atoms with Crippen molar-refractivity contribution in [3.63, 3.8) is 0 Å². The van der Waals surface area contributed by atoms with Gasteiger partial charge in [0.2, 0.25) is 11.1 Å². The summed E-state index contributed by atoms with van der Waals surface area (Å²) in [6.45, 7) is -0.0755. The first-order valence-corrected chi connectivity index (χ1v) is 11.4. The molecule has 1 aliphatic rings. The number of nitrogens with one attached hydrogen (secondary N) is 1. The number of tetrazole rings is 1. The molecule has 0 unspecified atom stereocenters. The summed E-state index contributed by atoms with van der Waals surface area (Å²) >= 11 is 1.40. The molecule has 0 bridgehead atoms. The van der Waals surface area contributed by atoms with E-state index in [2.05, 4.69) is 25.2 Å². The molecule has 10 nitrogen and oxygen atoms in total. The second kappa shape index (κ2) is 7.88. The van der Waals surface area contributed by atoms with Gasteiger partial charge in [0.1, 0.15) is 4.90 Å². The molecule has 1 aromatic heterocycles. The molecule has 12 heteroatoms. The summed E-state index contributed by atoms with van der Waals surface area (Å²) in [7, 11) is -2.12. The van der Waals surface area contributed by atoms with Crippen LogP contribution in [0.5, 0.6) is 0 Å². The zero-order valence-electron chi connectivity index (χ0n) is 16.1. The van der Waals surface area contributed by atoms with Gasteiger partial charge in [-0.05, 0) is 47.0 Å². The number of carbonyl (C=O) groups is 1. The maximum atomic E-state index is 12.6. The van der Waals surface area contributed by atoms with E-state index in [0.717, 1.165) is 0 Å². The van der Waals surface area contributed by atoms with Crippen molar-refractivity contribution in [2.24, 2.45) is 4.40 Å². The lowest BCUT2D eigenvalue weighted by Gasteiger charge is -2.18. The first kappa shape index (κ1) is 20.0. The topological polar surface area (TPSA) is 122 Å². The Labute approximate surface area is 177 Å². The molecular formula is C18H17N7O3S2. The average molecular weight is 444 g/mol. The van der Waals surface area contributed by atoms with Crippen LogP contribution >= 0.6 is 11.8 Å². The number of thioether (sulfide) groups is 1. The Bertz CT molecular complexity index is 1250. The maximum Gasteiger partial charge on any atom is 0.285 e. The van der Waals surface area contributed by atoms with Gasteiger partial charge in [-0.25, -0.2) is 0 Å². The van der Waals surface area contributed by atoms with E-state index in [1.54, 1.807) is 48.1 Å². The third-order valence-electron chi connectivity index (χ3n) is 4.35. The Morgan fingerprint density at radius 3 is 2.80 bits per heavy atom. The monoisotopic (exact) mass is 443 g/mol. The maximum absolute atomic E-state index is 12.6. The molecule has 2 aromatic carbocycles. The molecule has 1 amide bonds. The smallest absolute Gasteiger partial charge is 0.285 e. The van der Waals surface area contributed by atoms with Crippen molar-refractivity contribution in [3.05, 3.63) is 54.1 Å². The van der Waals surface area contributed by atoms with Crippen LogP contribution in [0.25, 0.3) is 5.69 Å². The Hall–Kier alpha value is -3.25. The standard InChI is InChI=1S/C18H17N7O3S2/c1-24(17-14-8-3-4-9-15(14)30(27,28)21-17)11-16(26)19-12-6-5-7-13(10-12)25-18(29-2)20-22-23-25/h3-10H,11H2,1-2H3,(H,19,26). The summed E-state index contributed by atoms with van der Waals surface area (Å²) in [5.74, 6) is -0.0752. The number of carbonyl (C=O) groups excluding carboxylic acids is 1. The van der Waals surface area contributed by atoms with E-state index in [-0.39, 0.29) is 23.2 Å². The highest BCUT2D eigenvalue weighted by atomic mass is 32.2. The fraction of sp³-hybridized carbons (Fsp3) is 0.167. The van der Waals surface area contributed by atoms with Gasteiger partial charge in [-0.3, -0.25) is 4.79 Å². The minimum absolute atomic E-state index is 0.0755. The van der Waals surface area contributed by atoms with Gasteiger partial charge in [0, 0.05) is 18.3 Å². The van der Waals surface area contributed by atoms with Crippen molar-refractivity contribution in [1.82, 2.24) is 25.1 Å². The number of amides is 1. The first-order valence-electron chi connectivity index (χ1n) is 8.77. The summed E-state index contributed by atoms with van der Waals surface area (Å²) in [5.41, 5.74) is 1.75. The molecule has 0 aliphatic carbocycles. The van der Waals surface area contributed by atoms with Gasteiger partial charge >= 0.3 is 0 Å². The molecule has 1 N–H and O–H groups in total. The van der Waals surface area contributed by atoms with E-state index in [9.17, 15) is 13.2 Å². The number of benzene rings is 2. The molecule has 0 radical (unpaired) electrons. The number of hydrogen-bond acceptors (Lipinski definition) is 8. The Balaban J connectivity index is 1.49. The predicted octanol–water partition coefficient (Wildman–Crippen LogP) is 1.40. The van der Waals surface area contributed by atoms with Crippen molar-refractivity contribution < 1.29 is 13.2 Å². The fourth-order valence-electron chi connectivity index (χ4n) is 3.04. The van der Waals surface area contributed by atoms with Crippen LogP contribution < -0.4 is 5.32 Å². The lowest BCUT2D eigenvalue weighted by Crippen LogP contribution is -2.34. The van der Waals surface area contributed by atoms with Gasteiger partial charge in [-0.15, -0.1) is 9.50 Å². The SMILES string of the molecule is CSc1nnnn1-c1cccc(NC(=O)CN(C)C2=NS(=O)(=O)c3ccccc32)c1. The van der Waals surface area contributed by atoms with Gasteiger partial charge < -0.3 is 10.2 Å². The van der Waals surface area contributed by atoms with E-state index in [0.29, 0.717) is 22.1 Å². The summed E-state index contributed by atoms with van der Waals surface area (Å²) in [4.78, 5) is 14.2. The lowest BCUT2D eigenvalue weighted by molar-refractivity contribution is -0.116. The molecule has 1 aliphatic heterocycles.